The standard InChI is InChI=1S/C15H10INO/c16-11-5-7-12(8-6-11)18-15-9-10-17-14-4-2-1-3-13(14)15/h1-10H. The average molecular weight is 347 g/mol. The molecule has 2 nitrogen and oxygen atoms in total. The van der Waals surface area contributed by atoms with Gasteiger partial charge in [-0.25, -0.2) is 0 Å². The molecular weight excluding hydrogens is 337 g/mol. The maximum absolute atomic E-state index is 5.90. The zero-order chi connectivity index (χ0) is 12.4. The Morgan fingerprint density at radius 1 is 0.889 bits per heavy atom. The molecule has 0 radical (unpaired) electrons. The van der Waals surface area contributed by atoms with E-state index in [0.717, 1.165) is 22.4 Å². The Kier molecular flexibility index (Phi) is 3.15. The molecule has 0 unspecified atom stereocenters. The third-order valence-electron chi connectivity index (χ3n) is 2.65. The minimum Gasteiger partial charge on any atom is -0.457 e. The van der Waals surface area contributed by atoms with E-state index in [9.17, 15) is 0 Å². The van der Waals surface area contributed by atoms with Gasteiger partial charge in [0.05, 0.1) is 5.52 Å². The van der Waals surface area contributed by atoms with Crippen molar-refractivity contribution in [1.82, 2.24) is 4.98 Å². The zero-order valence-corrected chi connectivity index (χ0v) is 11.7. The van der Waals surface area contributed by atoms with Gasteiger partial charge in [0, 0.05) is 15.2 Å². The maximum atomic E-state index is 5.90. The van der Waals surface area contributed by atoms with Gasteiger partial charge in [-0.2, -0.15) is 0 Å². The number of para-hydroxylation sites is 1. The fourth-order valence-corrected chi connectivity index (χ4v) is 2.15. The highest BCUT2D eigenvalue weighted by Crippen LogP contribution is 2.28. The highest BCUT2D eigenvalue weighted by Gasteiger charge is 2.03. The van der Waals surface area contributed by atoms with Crippen LogP contribution in [0.4, 0.5) is 0 Å². The maximum Gasteiger partial charge on any atom is 0.138 e. The van der Waals surface area contributed by atoms with Crippen molar-refractivity contribution in [2.24, 2.45) is 0 Å². The van der Waals surface area contributed by atoms with Crippen LogP contribution in [-0.2, 0) is 0 Å². The number of aromatic nitrogens is 1. The number of benzene rings is 2. The lowest BCUT2D eigenvalue weighted by atomic mass is 10.2. The largest absolute Gasteiger partial charge is 0.457 e. The third-order valence-corrected chi connectivity index (χ3v) is 3.37. The van der Waals surface area contributed by atoms with Crippen molar-refractivity contribution < 1.29 is 4.74 Å². The van der Waals surface area contributed by atoms with Gasteiger partial charge in [0.15, 0.2) is 0 Å². The van der Waals surface area contributed by atoms with Crippen LogP contribution in [0, 0.1) is 3.57 Å². The first kappa shape index (κ1) is 11.5. The number of ether oxygens (including phenoxy) is 1. The number of nitrogens with zero attached hydrogens (tertiary/aromatic N) is 1. The second kappa shape index (κ2) is 4.94. The van der Waals surface area contributed by atoms with Crippen LogP contribution in [0.2, 0.25) is 0 Å². The first-order chi connectivity index (χ1) is 8.83. The lowest BCUT2D eigenvalue weighted by molar-refractivity contribution is 0.488. The van der Waals surface area contributed by atoms with Crippen LogP contribution >= 0.6 is 22.6 Å². The SMILES string of the molecule is Ic1ccc(Oc2ccnc3ccccc23)cc1. The molecule has 3 rings (SSSR count). The van der Waals surface area contributed by atoms with Crippen LogP contribution < -0.4 is 4.74 Å². The molecule has 0 aliphatic heterocycles. The summed E-state index contributed by atoms with van der Waals surface area (Å²) in [7, 11) is 0. The second-order valence-electron chi connectivity index (χ2n) is 3.88. The summed E-state index contributed by atoms with van der Waals surface area (Å²) in [6.07, 6.45) is 1.77. The molecule has 0 aliphatic rings. The Bertz CT molecular complexity index is 674. The van der Waals surface area contributed by atoms with Gasteiger partial charge in [-0.1, -0.05) is 12.1 Å². The van der Waals surface area contributed by atoms with Crippen LogP contribution in [0.15, 0.2) is 60.8 Å². The van der Waals surface area contributed by atoms with E-state index >= 15 is 0 Å². The fraction of sp³-hybridized carbons (Fsp3) is 0. The molecule has 0 N–H and O–H groups in total. The smallest absolute Gasteiger partial charge is 0.138 e. The van der Waals surface area contributed by atoms with E-state index in [4.69, 9.17) is 4.74 Å². The highest BCUT2D eigenvalue weighted by molar-refractivity contribution is 14.1. The highest BCUT2D eigenvalue weighted by atomic mass is 127. The first-order valence-electron chi connectivity index (χ1n) is 5.60. The zero-order valence-electron chi connectivity index (χ0n) is 9.51. The van der Waals surface area contributed by atoms with Gasteiger partial charge in [-0.05, 0) is 65.1 Å². The Morgan fingerprint density at radius 2 is 1.67 bits per heavy atom. The van der Waals surface area contributed by atoms with Gasteiger partial charge in [0.2, 0.25) is 0 Å². The van der Waals surface area contributed by atoms with Gasteiger partial charge in [0.25, 0.3) is 0 Å². The lowest BCUT2D eigenvalue weighted by Gasteiger charge is -2.08. The van der Waals surface area contributed by atoms with E-state index in [1.165, 1.54) is 3.57 Å². The van der Waals surface area contributed by atoms with Crippen molar-refractivity contribution in [3.63, 3.8) is 0 Å². The molecule has 3 heteroatoms. The van der Waals surface area contributed by atoms with Crippen molar-refractivity contribution in [3.05, 3.63) is 64.4 Å². The summed E-state index contributed by atoms with van der Waals surface area (Å²) in [6.45, 7) is 0. The van der Waals surface area contributed by atoms with E-state index in [-0.39, 0.29) is 0 Å². The summed E-state index contributed by atoms with van der Waals surface area (Å²) in [6, 6.07) is 17.8. The van der Waals surface area contributed by atoms with Gasteiger partial charge in [-0.3, -0.25) is 4.98 Å². The third kappa shape index (κ3) is 2.31. The van der Waals surface area contributed by atoms with Crippen molar-refractivity contribution in [3.8, 4) is 11.5 Å². The molecule has 0 fully saturated rings. The monoisotopic (exact) mass is 347 g/mol. The average Bonchev–Trinajstić information content (AvgIpc) is 2.42. The molecular formula is C15H10INO. The van der Waals surface area contributed by atoms with Crippen LogP contribution in [0.1, 0.15) is 0 Å². The normalized spacial score (nSPS) is 10.5. The predicted molar refractivity (Wildman–Crippen MR) is 81.0 cm³/mol. The molecule has 18 heavy (non-hydrogen) atoms. The summed E-state index contributed by atoms with van der Waals surface area (Å²) in [5, 5.41) is 1.03. The molecule has 2 aromatic carbocycles. The van der Waals surface area contributed by atoms with E-state index in [0.29, 0.717) is 0 Å². The Labute approximate surface area is 119 Å². The van der Waals surface area contributed by atoms with Crippen LogP contribution in [0.3, 0.4) is 0 Å². The van der Waals surface area contributed by atoms with Crippen molar-refractivity contribution in [1.29, 1.82) is 0 Å². The number of pyridine rings is 1. The topological polar surface area (TPSA) is 22.1 Å². The number of rotatable bonds is 2. The van der Waals surface area contributed by atoms with E-state index in [1.807, 2.05) is 54.6 Å². The molecule has 0 saturated heterocycles. The van der Waals surface area contributed by atoms with Gasteiger partial charge < -0.3 is 4.74 Å². The van der Waals surface area contributed by atoms with Gasteiger partial charge in [-0.15, -0.1) is 0 Å². The predicted octanol–water partition coefficient (Wildman–Crippen LogP) is 4.63. The van der Waals surface area contributed by atoms with Crippen molar-refractivity contribution in [2.75, 3.05) is 0 Å². The molecule has 0 atom stereocenters. The molecule has 1 heterocycles. The Hall–Kier alpha value is -1.62. The number of hydrogen-bond donors (Lipinski definition) is 0. The molecule has 0 saturated carbocycles. The molecule has 0 bridgehead atoms. The van der Waals surface area contributed by atoms with E-state index in [1.54, 1.807) is 6.20 Å². The summed E-state index contributed by atoms with van der Waals surface area (Å²) < 4.78 is 7.10. The summed E-state index contributed by atoms with van der Waals surface area (Å²) in [4.78, 5) is 4.32. The van der Waals surface area contributed by atoms with Crippen LogP contribution in [-0.4, -0.2) is 4.98 Å². The van der Waals surface area contributed by atoms with E-state index in [2.05, 4.69) is 27.6 Å². The summed E-state index contributed by atoms with van der Waals surface area (Å²) >= 11 is 2.28. The van der Waals surface area contributed by atoms with Crippen molar-refractivity contribution >= 4 is 33.5 Å². The number of halogens is 1. The van der Waals surface area contributed by atoms with Crippen molar-refractivity contribution in [2.45, 2.75) is 0 Å². The van der Waals surface area contributed by atoms with Gasteiger partial charge in [0.1, 0.15) is 11.5 Å². The molecule has 0 spiro atoms. The second-order valence-corrected chi connectivity index (χ2v) is 5.13. The minimum absolute atomic E-state index is 0.835. The van der Waals surface area contributed by atoms with Crippen LogP contribution in [0.25, 0.3) is 10.9 Å². The van der Waals surface area contributed by atoms with Gasteiger partial charge >= 0.3 is 0 Å². The molecule has 0 amide bonds. The van der Waals surface area contributed by atoms with Crippen LogP contribution in [0.5, 0.6) is 11.5 Å². The van der Waals surface area contributed by atoms with E-state index < -0.39 is 0 Å². The Balaban J connectivity index is 2.02. The lowest BCUT2D eigenvalue weighted by Crippen LogP contribution is -1.87. The minimum atomic E-state index is 0.835. The number of hydrogen-bond acceptors (Lipinski definition) is 2. The quantitative estimate of drug-likeness (QED) is 0.631. The fourth-order valence-electron chi connectivity index (χ4n) is 1.79. The molecule has 88 valence electrons. The summed E-state index contributed by atoms with van der Waals surface area (Å²) in [5.41, 5.74) is 0.945. The first-order valence-corrected chi connectivity index (χ1v) is 6.68. The summed E-state index contributed by atoms with van der Waals surface area (Å²) in [5.74, 6) is 1.67. The molecule has 1 aromatic heterocycles. The molecule has 3 aromatic rings. The molecule has 0 aliphatic carbocycles. The number of fused-ring (bicyclic) bond motifs is 1. The Morgan fingerprint density at radius 3 is 2.50 bits per heavy atom.